The van der Waals surface area contributed by atoms with Crippen LogP contribution in [0.2, 0.25) is 0 Å². The van der Waals surface area contributed by atoms with E-state index in [1.54, 1.807) is 19.3 Å². The molecule has 0 unspecified atom stereocenters. The number of methoxy groups -OCH3 is 1. The summed E-state index contributed by atoms with van der Waals surface area (Å²) in [6.45, 7) is 8.08. The standard InChI is InChI=1S/C24H33BrFN3O/c1-3-6-22(26)19(7-8-20-17-21(25)9-10-23(20)30-2)18-24-27-11-14-29(24)16-15-28-12-4-5-13-28/h3,6,9-10,17H,4-5,7-8,11-16,18H2,1-2H3/b6-3-,22-19+. The number of rotatable bonds is 10. The highest BCUT2D eigenvalue weighted by Gasteiger charge is 2.21. The van der Waals surface area contributed by atoms with Gasteiger partial charge in [0, 0.05) is 30.5 Å². The number of likely N-dealkylation sites (tertiary alicyclic amines) is 1. The maximum Gasteiger partial charge on any atom is 0.122 e. The molecule has 164 valence electrons. The Bertz CT molecular complexity index is 800. The van der Waals surface area contributed by atoms with Crippen molar-refractivity contribution in [2.45, 2.75) is 39.0 Å². The molecule has 0 bridgehead atoms. The van der Waals surface area contributed by atoms with Gasteiger partial charge < -0.3 is 14.5 Å². The zero-order valence-electron chi connectivity index (χ0n) is 18.2. The van der Waals surface area contributed by atoms with E-state index in [4.69, 9.17) is 9.73 Å². The smallest absolute Gasteiger partial charge is 0.122 e. The number of amidine groups is 1. The van der Waals surface area contributed by atoms with Gasteiger partial charge in [0.25, 0.3) is 0 Å². The van der Waals surface area contributed by atoms with Crippen molar-refractivity contribution in [2.75, 3.05) is 46.4 Å². The quantitative estimate of drug-likeness (QED) is 0.422. The average Bonchev–Trinajstić information content (AvgIpc) is 3.41. The topological polar surface area (TPSA) is 28.1 Å². The number of hydrogen-bond donors (Lipinski definition) is 0. The molecule has 0 amide bonds. The Morgan fingerprint density at radius 1 is 1.23 bits per heavy atom. The van der Waals surface area contributed by atoms with Gasteiger partial charge in [0.1, 0.15) is 17.4 Å². The largest absolute Gasteiger partial charge is 0.496 e. The van der Waals surface area contributed by atoms with Crippen molar-refractivity contribution < 1.29 is 9.13 Å². The first-order chi connectivity index (χ1) is 14.6. The van der Waals surface area contributed by atoms with Gasteiger partial charge in [0.2, 0.25) is 0 Å². The first-order valence-corrected chi connectivity index (χ1v) is 11.7. The molecule has 2 aliphatic rings. The van der Waals surface area contributed by atoms with Crippen molar-refractivity contribution in [2.24, 2.45) is 4.99 Å². The van der Waals surface area contributed by atoms with E-state index < -0.39 is 0 Å². The summed E-state index contributed by atoms with van der Waals surface area (Å²) >= 11 is 3.53. The van der Waals surface area contributed by atoms with Crippen molar-refractivity contribution >= 4 is 21.8 Å². The van der Waals surface area contributed by atoms with Crippen molar-refractivity contribution in [3.8, 4) is 5.75 Å². The highest BCUT2D eigenvalue weighted by molar-refractivity contribution is 9.10. The van der Waals surface area contributed by atoms with Crippen LogP contribution in [0.15, 0.2) is 51.2 Å². The Balaban J connectivity index is 1.66. The predicted octanol–water partition coefficient (Wildman–Crippen LogP) is 5.39. The third kappa shape index (κ3) is 6.42. The molecule has 4 nitrogen and oxygen atoms in total. The molecular weight excluding hydrogens is 445 g/mol. The van der Waals surface area contributed by atoms with Gasteiger partial charge in [-0.1, -0.05) is 22.0 Å². The molecule has 0 aromatic heterocycles. The number of hydrogen-bond acceptors (Lipinski definition) is 4. The Hall–Kier alpha value is -1.66. The Morgan fingerprint density at radius 2 is 2.03 bits per heavy atom. The number of ether oxygens (including phenoxy) is 1. The van der Waals surface area contributed by atoms with E-state index >= 15 is 0 Å². The molecule has 1 aromatic carbocycles. The summed E-state index contributed by atoms with van der Waals surface area (Å²) in [5, 5.41) is 0. The molecule has 30 heavy (non-hydrogen) atoms. The predicted molar refractivity (Wildman–Crippen MR) is 126 cm³/mol. The monoisotopic (exact) mass is 477 g/mol. The number of aryl methyl sites for hydroxylation is 1. The summed E-state index contributed by atoms with van der Waals surface area (Å²) < 4.78 is 21.4. The van der Waals surface area contributed by atoms with Gasteiger partial charge in [-0.25, -0.2) is 4.39 Å². The van der Waals surface area contributed by atoms with Crippen LogP contribution in [-0.4, -0.2) is 62.0 Å². The lowest BCUT2D eigenvalue weighted by Gasteiger charge is -2.24. The molecular formula is C24H33BrFN3O. The lowest BCUT2D eigenvalue weighted by Crippen LogP contribution is -2.36. The molecule has 1 fully saturated rings. The van der Waals surface area contributed by atoms with Crippen LogP contribution < -0.4 is 4.74 Å². The van der Waals surface area contributed by atoms with Crippen molar-refractivity contribution in [1.29, 1.82) is 0 Å². The number of nitrogens with zero attached hydrogens (tertiary/aromatic N) is 3. The molecule has 0 atom stereocenters. The van der Waals surface area contributed by atoms with Crippen molar-refractivity contribution in [3.63, 3.8) is 0 Å². The minimum absolute atomic E-state index is 0.138. The van der Waals surface area contributed by atoms with Crippen LogP contribution in [0.3, 0.4) is 0 Å². The first-order valence-electron chi connectivity index (χ1n) is 10.9. The van der Waals surface area contributed by atoms with Gasteiger partial charge in [-0.15, -0.1) is 0 Å². The summed E-state index contributed by atoms with van der Waals surface area (Å²) in [4.78, 5) is 9.58. The minimum atomic E-state index is -0.138. The van der Waals surface area contributed by atoms with Gasteiger partial charge >= 0.3 is 0 Å². The number of allylic oxidation sites excluding steroid dienone is 3. The average molecular weight is 478 g/mol. The van der Waals surface area contributed by atoms with E-state index in [1.165, 1.54) is 25.9 Å². The maximum atomic E-state index is 14.9. The fourth-order valence-corrected chi connectivity index (χ4v) is 4.59. The molecule has 0 saturated carbocycles. The number of aliphatic imine (C=N–C) groups is 1. The third-order valence-corrected chi connectivity index (χ3v) is 6.37. The highest BCUT2D eigenvalue weighted by Crippen LogP contribution is 2.28. The molecule has 2 heterocycles. The van der Waals surface area contributed by atoms with Crippen molar-refractivity contribution in [3.05, 3.63) is 51.8 Å². The minimum Gasteiger partial charge on any atom is -0.496 e. The van der Waals surface area contributed by atoms with Gasteiger partial charge in [0.05, 0.1) is 13.7 Å². The third-order valence-electron chi connectivity index (χ3n) is 5.87. The summed E-state index contributed by atoms with van der Waals surface area (Å²) in [5.74, 6) is 1.74. The molecule has 1 saturated heterocycles. The number of halogens is 2. The van der Waals surface area contributed by atoms with Crippen LogP contribution in [-0.2, 0) is 6.42 Å². The van der Waals surface area contributed by atoms with Crippen LogP contribution in [0.1, 0.15) is 38.2 Å². The Labute approximate surface area is 188 Å². The van der Waals surface area contributed by atoms with Gasteiger partial charge in [-0.3, -0.25) is 4.99 Å². The van der Waals surface area contributed by atoms with E-state index in [9.17, 15) is 4.39 Å². The molecule has 2 aliphatic heterocycles. The van der Waals surface area contributed by atoms with Crippen LogP contribution in [0.5, 0.6) is 5.75 Å². The van der Waals surface area contributed by atoms with Gasteiger partial charge in [-0.05, 0) is 81.1 Å². The summed E-state index contributed by atoms with van der Waals surface area (Å²) in [6.07, 6.45) is 7.88. The molecule has 0 N–H and O–H groups in total. The van der Waals surface area contributed by atoms with Crippen LogP contribution in [0, 0.1) is 0 Å². The molecule has 3 rings (SSSR count). The SMILES string of the molecule is C/C=C\C(F)=C(\CCc1cc(Br)ccc1OC)CC1=NCCN1CCN1CCCC1. The highest BCUT2D eigenvalue weighted by atomic mass is 79.9. The van der Waals surface area contributed by atoms with E-state index in [0.717, 1.165) is 59.8 Å². The Kier molecular flexibility index (Phi) is 8.94. The number of benzene rings is 1. The van der Waals surface area contributed by atoms with E-state index in [0.29, 0.717) is 12.8 Å². The molecule has 0 aliphatic carbocycles. The van der Waals surface area contributed by atoms with Gasteiger partial charge in [0.15, 0.2) is 0 Å². The fraction of sp³-hybridized carbons (Fsp3) is 0.542. The second-order valence-electron chi connectivity index (χ2n) is 7.92. The van der Waals surface area contributed by atoms with E-state index in [2.05, 4.69) is 31.8 Å². The van der Waals surface area contributed by atoms with Crippen molar-refractivity contribution in [1.82, 2.24) is 9.80 Å². The van der Waals surface area contributed by atoms with Crippen LogP contribution in [0.4, 0.5) is 4.39 Å². The van der Waals surface area contributed by atoms with Crippen LogP contribution >= 0.6 is 15.9 Å². The Morgan fingerprint density at radius 3 is 2.77 bits per heavy atom. The molecule has 0 spiro atoms. The maximum absolute atomic E-state index is 14.9. The summed E-state index contributed by atoms with van der Waals surface area (Å²) in [7, 11) is 1.68. The van der Waals surface area contributed by atoms with E-state index in [-0.39, 0.29) is 5.83 Å². The second kappa shape index (κ2) is 11.7. The van der Waals surface area contributed by atoms with Gasteiger partial charge in [-0.2, -0.15) is 0 Å². The lowest BCUT2D eigenvalue weighted by atomic mass is 9.99. The zero-order chi connectivity index (χ0) is 21.3. The zero-order valence-corrected chi connectivity index (χ0v) is 19.8. The summed E-state index contributed by atoms with van der Waals surface area (Å²) in [6, 6.07) is 5.97. The van der Waals surface area contributed by atoms with Crippen LogP contribution in [0.25, 0.3) is 0 Å². The summed E-state index contributed by atoms with van der Waals surface area (Å²) in [5.41, 5.74) is 1.89. The molecule has 0 radical (unpaired) electrons. The second-order valence-corrected chi connectivity index (χ2v) is 8.83. The van der Waals surface area contributed by atoms with E-state index in [1.807, 2.05) is 19.1 Å². The normalized spacial score (nSPS) is 18.3. The molecule has 6 heteroatoms. The molecule has 1 aromatic rings. The lowest BCUT2D eigenvalue weighted by molar-refractivity contribution is 0.298. The first kappa shape index (κ1) is 23.0. The fourth-order valence-electron chi connectivity index (χ4n) is 4.18.